The van der Waals surface area contributed by atoms with Gasteiger partial charge in [-0.15, -0.1) is 15.3 Å². The van der Waals surface area contributed by atoms with Crippen LogP contribution in [0.3, 0.4) is 0 Å². The average molecular weight is 299 g/mol. The molecule has 3 aromatic rings. The highest BCUT2D eigenvalue weighted by atomic mass is 15.5. The van der Waals surface area contributed by atoms with Crippen molar-refractivity contribution in [3.05, 3.63) is 91.0 Å². The number of rotatable bonds is 5. The molecule has 0 saturated heterocycles. The van der Waals surface area contributed by atoms with Crippen molar-refractivity contribution < 1.29 is 0 Å². The van der Waals surface area contributed by atoms with Crippen LogP contribution in [0.4, 0.5) is 17.1 Å². The first-order valence-electron chi connectivity index (χ1n) is 7.25. The first kappa shape index (κ1) is 14.7. The van der Waals surface area contributed by atoms with Gasteiger partial charge in [0, 0.05) is 0 Å². The van der Waals surface area contributed by atoms with E-state index in [2.05, 4.69) is 21.7 Å². The lowest BCUT2D eigenvalue weighted by atomic mass is 10.2. The highest BCUT2D eigenvalue weighted by Gasteiger charge is 2.06. The zero-order chi connectivity index (χ0) is 15.7. The molecular weight excluding hydrogens is 284 g/mol. The number of azo groups is 1. The predicted octanol–water partition coefficient (Wildman–Crippen LogP) is 5.43. The average Bonchev–Trinajstić information content (AvgIpc) is 2.64. The van der Waals surface area contributed by atoms with Crippen molar-refractivity contribution in [2.24, 2.45) is 15.3 Å². The van der Waals surface area contributed by atoms with Gasteiger partial charge in [-0.25, -0.2) is 5.01 Å². The van der Waals surface area contributed by atoms with Gasteiger partial charge in [0.05, 0.1) is 17.1 Å². The Labute approximate surface area is 135 Å². The second-order valence-corrected chi connectivity index (χ2v) is 4.72. The molecule has 0 aliphatic heterocycles. The molecule has 111 valence electrons. The molecule has 0 aromatic heterocycles. The lowest BCUT2D eigenvalue weighted by Gasteiger charge is -2.17. The topological polar surface area (TPSA) is 40.3 Å². The van der Waals surface area contributed by atoms with E-state index >= 15 is 0 Å². The number of hydrazone groups is 1. The molecule has 4 nitrogen and oxygen atoms in total. The Morgan fingerprint density at radius 3 is 1.61 bits per heavy atom. The molecular formula is C19H15N4. The second kappa shape index (κ2) is 7.66. The monoisotopic (exact) mass is 299 g/mol. The minimum atomic E-state index is 0.765. The summed E-state index contributed by atoms with van der Waals surface area (Å²) in [6, 6.07) is 29.2. The van der Waals surface area contributed by atoms with Crippen LogP contribution in [0.15, 0.2) is 106 Å². The molecule has 0 unspecified atom stereocenters. The van der Waals surface area contributed by atoms with Gasteiger partial charge in [-0.05, 0) is 36.4 Å². The SMILES string of the molecule is [C](=NN(c1ccccc1)c1ccccc1)N=Nc1ccccc1. The van der Waals surface area contributed by atoms with Crippen LogP contribution in [-0.2, 0) is 0 Å². The van der Waals surface area contributed by atoms with Gasteiger partial charge in [-0.2, -0.15) is 0 Å². The molecule has 0 atom stereocenters. The van der Waals surface area contributed by atoms with Gasteiger partial charge in [0.2, 0.25) is 6.34 Å². The van der Waals surface area contributed by atoms with E-state index in [9.17, 15) is 0 Å². The fraction of sp³-hybridized carbons (Fsp3) is 0. The van der Waals surface area contributed by atoms with Crippen LogP contribution < -0.4 is 5.01 Å². The molecule has 0 heterocycles. The van der Waals surface area contributed by atoms with Crippen LogP contribution in [0, 0.1) is 0 Å². The van der Waals surface area contributed by atoms with Crippen LogP contribution in [0.1, 0.15) is 0 Å². The van der Waals surface area contributed by atoms with Crippen molar-refractivity contribution in [1.29, 1.82) is 0 Å². The first-order chi connectivity index (χ1) is 11.4. The minimum Gasteiger partial charge on any atom is -0.231 e. The van der Waals surface area contributed by atoms with Crippen molar-refractivity contribution in [2.45, 2.75) is 0 Å². The number of para-hydroxylation sites is 2. The molecule has 0 bridgehead atoms. The largest absolute Gasteiger partial charge is 0.242 e. The third-order valence-electron chi connectivity index (χ3n) is 3.11. The molecule has 0 spiro atoms. The van der Waals surface area contributed by atoms with E-state index in [4.69, 9.17) is 0 Å². The number of hydrogen-bond donors (Lipinski definition) is 0. The molecule has 1 radical (unpaired) electrons. The molecule has 23 heavy (non-hydrogen) atoms. The van der Waals surface area contributed by atoms with Gasteiger partial charge in [0.15, 0.2) is 0 Å². The summed E-state index contributed by atoms with van der Waals surface area (Å²) in [6.07, 6.45) is 2.64. The van der Waals surface area contributed by atoms with E-state index in [-0.39, 0.29) is 0 Å². The molecule has 3 aromatic carbocycles. The summed E-state index contributed by atoms with van der Waals surface area (Å²) < 4.78 is 0. The summed E-state index contributed by atoms with van der Waals surface area (Å²) in [5.74, 6) is 0. The Balaban J connectivity index is 1.82. The van der Waals surface area contributed by atoms with Crippen molar-refractivity contribution in [3.8, 4) is 0 Å². The van der Waals surface area contributed by atoms with Crippen LogP contribution in [-0.4, -0.2) is 6.34 Å². The molecule has 4 heteroatoms. The number of anilines is 2. The Kier molecular flexibility index (Phi) is 4.88. The maximum absolute atomic E-state index is 4.30. The zero-order valence-corrected chi connectivity index (χ0v) is 12.4. The molecule has 0 N–H and O–H groups in total. The lowest BCUT2D eigenvalue weighted by Crippen LogP contribution is -2.08. The van der Waals surface area contributed by atoms with Gasteiger partial charge in [0.25, 0.3) is 0 Å². The van der Waals surface area contributed by atoms with E-state index in [0.717, 1.165) is 17.1 Å². The number of nitrogens with zero attached hydrogens (tertiary/aromatic N) is 4. The first-order valence-corrected chi connectivity index (χ1v) is 7.25. The van der Waals surface area contributed by atoms with E-state index in [1.54, 1.807) is 5.01 Å². The van der Waals surface area contributed by atoms with E-state index in [1.807, 2.05) is 91.0 Å². The smallest absolute Gasteiger partial charge is 0.231 e. The van der Waals surface area contributed by atoms with E-state index in [0.29, 0.717) is 0 Å². The summed E-state index contributed by atoms with van der Waals surface area (Å²) in [5, 5.41) is 14.0. The maximum Gasteiger partial charge on any atom is 0.242 e. The molecule has 0 saturated carbocycles. The molecule has 0 fully saturated rings. The molecule has 0 amide bonds. The van der Waals surface area contributed by atoms with Crippen molar-refractivity contribution >= 4 is 23.4 Å². The van der Waals surface area contributed by atoms with Crippen molar-refractivity contribution in [2.75, 3.05) is 5.01 Å². The summed E-state index contributed by atoms with van der Waals surface area (Å²) in [4.78, 5) is 0. The second-order valence-electron chi connectivity index (χ2n) is 4.72. The van der Waals surface area contributed by atoms with Crippen LogP contribution in [0.25, 0.3) is 0 Å². The normalized spacial score (nSPS) is 11.1. The van der Waals surface area contributed by atoms with Gasteiger partial charge in [-0.3, -0.25) is 0 Å². The Bertz CT molecular complexity index is 729. The predicted molar refractivity (Wildman–Crippen MR) is 93.4 cm³/mol. The van der Waals surface area contributed by atoms with Gasteiger partial charge in [0.1, 0.15) is 0 Å². The van der Waals surface area contributed by atoms with Gasteiger partial charge in [-0.1, -0.05) is 54.6 Å². The Morgan fingerprint density at radius 2 is 1.09 bits per heavy atom. The van der Waals surface area contributed by atoms with Crippen LogP contribution in [0.5, 0.6) is 0 Å². The Hall–Kier alpha value is -3.27. The number of benzene rings is 3. The van der Waals surface area contributed by atoms with Crippen LogP contribution in [0.2, 0.25) is 0 Å². The summed E-state index contributed by atoms with van der Waals surface area (Å²) >= 11 is 0. The molecule has 3 rings (SSSR count). The van der Waals surface area contributed by atoms with Gasteiger partial charge >= 0.3 is 0 Å². The van der Waals surface area contributed by atoms with E-state index < -0.39 is 0 Å². The summed E-state index contributed by atoms with van der Waals surface area (Å²) in [5.41, 5.74) is 2.63. The minimum absolute atomic E-state index is 0.765. The standard InChI is InChI=1S/C19H15N4/c1-4-10-17(11-5-1)22-20-16-21-23(18-12-6-2-7-13-18)19-14-8-3-9-15-19/h1-15H. The Morgan fingerprint density at radius 1 is 0.609 bits per heavy atom. The highest BCUT2D eigenvalue weighted by Crippen LogP contribution is 2.24. The fourth-order valence-corrected chi connectivity index (χ4v) is 2.04. The van der Waals surface area contributed by atoms with E-state index in [1.165, 1.54) is 0 Å². The number of hydrogen-bond acceptors (Lipinski definition) is 3. The lowest BCUT2D eigenvalue weighted by molar-refractivity contribution is 1.08. The van der Waals surface area contributed by atoms with Crippen molar-refractivity contribution in [1.82, 2.24) is 0 Å². The quantitative estimate of drug-likeness (QED) is 0.268. The van der Waals surface area contributed by atoms with Crippen LogP contribution >= 0.6 is 0 Å². The summed E-state index contributed by atoms with van der Waals surface area (Å²) in [7, 11) is 0. The highest BCUT2D eigenvalue weighted by molar-refractivity contribution is 5.67. The molecule has 0 aliphatic rings. The molecule has 0 aliphatic carbocycles. The van der Waals surface area contributed by atoms with Crippen molar-refractivity contribution in [3.63, 3.8) is 0 Å². The third kappa shape index (κ3) is 4.11. The maximum atomic E-state index is 4.30. The fourth-order valence-electron chi connectivity index (χ4n) is 2.04. The zero-order valence-electron chi connectivity index (χ0n) is 12.4. The van der Waals surface area contributed by atoms with Gasteiger partial charge < -0.3 is 0 Å². The summed E-state index contributed by atoms with van der Waals surface area (Å²) in [6.45, 7) is 0. The third-order valence-corrected chi connectivity index (χ3v) is 3.11.